The van der Waals surface area contributed by atoms with Crippen molar-refractivity contribution in [1.29, 1.82) is 0 Å². The Bertz CT molecular complexity index is 164. The Morgan fingerprint density at radius 1 is 1.58 bits per heavy atom. The van der Waals surface area contributed by atoms with E-state index in [1.165, 1.54) is 0 Å². The van der Waals surface area contributed by atoms with Crippen LogP contribution in [0.4, 0.5) is 0 Å². The van der Waals surface area contributed by atoms with Gasteiger partial charge in [-0.15, -0.1) is 0 Å². The highest BCUT2D eigenvalue weighted by atomic mass is 16.5. The molecule has 0 atom stereocenters. The molecule has 0 spiro atoms. The average Bonchev–Trinajstić information content (AvgIpc) is 2.03. The molecule has 0 saturated carbocycles. The molecule has 1 fully saturated rings. The first-order chi connectivity index (χ1) is 5.62. The maximum absolute atomic E-state index is 10.5. The Morgan fingerprint density at radius 3 is 2.67 bits per heavy atom. The van der Waals surface area contributed by atoms with E-state index in [0.29, 0.717) is 0 Å². The lowest BCUT2D eigenvalue weighted by Gasteiger charge is -2.34. The van der Waals surface area contributed by atoms with E-state index in [1.54, 1.807) is 0 Å². The van der Waals surface area contributed by atoms with Gasteiger partial charge in [0.15, 0.2) is 0 Å². The molecule has 12 heavy (non-hydrogen) atoms. The SMILES string of the molecule is CC1(NCC(N)=O)CCOCC1. The van der Waals surface area contributed by atoms with Gasteiger partial charge < -0.3 is 15.8 Å². The second-order valence-electron chi connectivity index (χ2n) is 3.49. The van der Waals surface area contributed by atoms with Gasteiger partial charge in [0.1, 0.15) is 0 Å². The number of rotatable bonds is 3. The van der Waals surface area contributed by atoms with E-state index in [0.717, 1.165) is 26.1 Å². The predicted molar refractivity (Wildman–Crippen MR) is 45.7 cm³/mol. The van der Waals surface area contributed by atoms with E-state index in [-0.39, 0.29) is 18.0 Å². The molecule has 1 saturated heterocycles. The highest BCUT2D eigenvalue weighted by molar-refractivity contribution is 5.75. The quantitative estimate of drug-likeness (QED) is 0.610. The molecule has 0 unspecified atom stereocenters. The predicted octanol–water partition coefficient (Wildman–Crippen LogP) is -0.370. The molecule has 0 radical (unpaired) electrons. The number of amides is 1. The van der Waals surface area contributed by atoms with Crippen molar-refractivity contribution in [1.82, 2.24) is 5.32 Å². The third-order valence-electron chi connectivity index (χ3n) is 2.29. The van der Waals surface area contributed by atoms with Gasteiger partial charge in [-0.25, -0.2) is 0 Å². The average molecular weight is 172 g/mol. The summed E-state index contributed by atoms with van der Waals surface area (Å²) in [4.78, 5) is 10.5. The summed E-state index contributed by atoms with van der Waals surface area (Å²) in [7, 11) is 0. The molecule has 0 bridgehead atoms. The van der Waals surface area contributed by atoms with Crippen molar-refractivity contribution in [2.75, 3.05) is 19.8 Å². The van der Waals surface area contributed by atoms with Crippen molar-refractivity contribution in [3.8, 4) is 0 Å². The van der Waals surface area contributed by atoms with Crippen LogP contribution in [0, 0.1) is 0 Å². The fourth-order valence-corrected chi connectivity index (χ4v) is 1.30. The van der Waals surface area contributed by atoms with Gasteiger partial charge in [-0.1, -0.05) is 0 Å². The Hall–Kier alpha value is -0.610. The zero-order chi connectivity index (χ0) is 9.03. The molecule has 3 N–H and O–H groups in total. The van der Waals surface area contributed by atoms with Crippen LogP contribution in [0.1, 0.15) is 19.8 Å². The third kappa shape index (κ3) is 2.79. The monoisotopic (exact) mass is 172 g/mol. The topological polar surface area (TPSA) is 64.3 Å². The molecule has 1 aliphatic rings. The van der Waals surface area contributed by atoms with Gasteiger partial charge in [-0.2, -0.15) is 0 Å². The van der Waals surface area contributed by atoms with Crippen molar-refractivity contribution in [3.05, 3.63) is 0 Å². The zero-order valence-electron chi connectivity index (χ0n) is 7.43. The molecule has 4 heteroatoms. The second-order valence-corrected chi connectivity index (χ2v) is 3.49. The first-order valence-electron chi connectivity index (χ1n) is 4.23. The van der Waals surface area contributed by atoms with Gasteiger partial charge in [0.05, 0.1) is 6.54 Å². The largest absolute Gasteiger partial charge is 0.381 e. The highest BCUT2D eigenvalue weighted by Crippen LogP contribution is 2.18. The fourth-order valence-electron chi connectivity index (χ4n) is 1.30. The number of hydrogen-bond donors (Lipinski definition) is 2. The van der Waals surface area contributed by atoms with E-state index in [2.05, 4.69) is 12.2 Å². The van der Waals surface area contributed by atoms with Crippen LogP contribution in [-0.2, 0) is 9.53 Å². The lowest BCUT2D eigenvalue weighted by atomic mass is 9.92. The summed E-state index contributed by atoms with van der Waals surface area (Å²) >= 11 is 0. The van der Waals surface area contributed by atoms with Crippen LogP contribution in [0.15, 0.2) is 0 Å². The lowest BCUT2D eigenvalue weighted by molar-refractivity contribution is -0.117. The van der Waals surface area contributed by atoms with Gasteiger partial charge in [0.25, 0.3) is 0 Å². The maximum atomic E-state index is 10.5. The Balaban J connectivity index is 2.31. The molecule has 4 nitrogen and oxygen atoms in total. The van der Waals surface area contributed by atoms with Crippen molar-refractivity contribution in [3.63, 3.8) is 0 Å². The number of nitrogens with two attached hydrogens (primary N) is 1. The summed E-state index contributed by atoms with van der Waals surface area (Å²) in [5.41, 5.74) is 5.07. The number of nitrogens with one attached hydrogen (secondary N) is 1. The summed E-state index contributed by atoms with van der Waals surface area (Å²) < 4.78 is 5.22. The van der Waals surface area contributed by atoms with Gasteiger partial charge in [-0.3, -0.25) is 4.79 Å². The fraction of sp³-hybridized carbons (Fsp3) is 0.875. The first kappa shape index (κ1) is 9.48. The van der Waals surface area contributed by atoms with Crippen molar-refractivity contribution in [2.24, 2.45) is 5.73 Å². The smallest absolute Gasteiger partial charge is 0.231 e. The maximum Gasteiger partial charge on any atom is 0.231 e. The van der Waals surface area contributed by atoms with Gasteiger partial charge in [-0.05, 0) is 19.8 Å². The van der Waals surface area contributed by atoms with Crippen LogP contribution in [0.5, 0.6) is 0 Å². The molecule has 0 aliphatic carbocycles. The van der Waals surface area contributed by atoms with Gasteiger partial charge in [0.2, 0.25) is 5.91 Å². The minimum atomic E-state index is -0.303. The summed E-state index contributed by atoms with van der Waals surface area (Å²) in [6.45, 7) is 3.89. The van der Waals surface area contributed by atoms with Crippen molar-refractivity contribution in [2.45, 2.75) is 25.3 Å². The third-order valence-corrected chi connectivity index (χ3v) is 2.29. The van der Waals surface area contributed by atoms with E-state index >= 15 is 0 Å². The number of primary amides is 1. The minimum Gasteiger partial charge on any atom is -0.381 e. The van der Waals surface area contributed by atoms with E-state index in [9.17, 15) is 4.79 Å². The number of ether oxygens (including phenoxy) is 1. The molecule has 1 amide bonds. The molecular weight excluding hydrogens is 156 g/mol. The van der Waals surface area contributed by atoms with Crippen LogP contribution in [0.2, 0.25) is 0 Å². The van der Waals surface area contributed by atoms with Crippen molar-refractivity contribution < 1.29 is 9.53 Å². The Labute approximate surface area is 72.5 Å². The molecule has 1 rings (SSSR count). The van der Waals surface area contributed by atoms with Crippen LogP contribution < -0.4 is 11.1 Å². The second kappa shape index (κ2) is 3.87. The Morgan fingerprint density at radius 2 is 2.17 bits per heavy atom. The standard InChI is InChI=1S/C8H16N2O2/c1-8(10-6-7(9)11)2-4-12-5-3-8/h10H,2-6H2,1H3,(H2,9,11). The Kier molecular flexibility index (Phi) is 3.05. The van der Waals surface area contributed by atoms with Crippen LogP contribution in [0.3, 0.4) is 0 Å². The normalized spacial score (nSPS) is 22.1. The van der Waals surface area contributed by atoms with E-state index in [4.69, 9.17) is 10.5 Å². The van der Waals surface area contributed by atoms with Crippen LogP contribution in [-0.4, -0.2) is 31.2 Å². The summed E-state index contributed by atoms with van der Waals surface area (Å²) in [5, 5.41) is 3.14. The molecule has 70 valence electrons. The summed E-state index contributed by atoms with van der Waals surface area (Å²) in [6, 6.07) is 0. The minimum absolute atomic E-state index is 0.0350. The van der Waals surface area contributed by atoms with Crippen LogP contribution >= 0.6 is 0 Å². The van der Waals surface area contributed by atoms with E-state index < -0.39 is 0 Å². The summed E-state index contributed by atoms with van der Waals surface area (Å²) in [5.74, 6) is -0.303. The number of hydrogen-bond acceptors (Lipinski definition) is 3. The molecule has 0 aromatic rings. The molecule has 1 aliphatic heterocycles. The van der Waals surface area contributed by atoms with Gasteiger partial charge in [0, 0.05) is 18.8 Å². The highest BCUT2D eigenvalue weighted by Gasteiger charge is 2.26. The lowest BCUT2D eigenvalue weighted by Crippen LogP contribution is -2.49. The van der Waals surface area contributed by atoms with Crippen LogP contribution in [0.25, 0.3) is 0 Å². The number of carbonyl (C=O) groups excluding carboxylic acids is 1. The van der Waals surface area contributed by atoms with Gasteiger partial charge >= 0.3 is 0 Å². The summed E-state index contributed by atoms with van der Waals surface area (Å²) in [6.07, 6.45) is 1.89. The number of carbonyl (C=O) groups is 1. The first-order valence-corrected chi connectivity index (χ1v) is 4.23. The molecular formula is C8H16N2O2. The van der Waals surface area contributed by atoms with E-state index in [1.807, 2.05) is 0 Å². The molecule has 1 heterocycles. The van der Waals surface area contributed by atoms with Crippen molar-refractivity contribution >= 4 is 5.91 Å². The zero-order valence-corrected chi connectivity index (χ0v) is 7.43. The molecule has 0 aromatic heterocycles. The molecule has 0 aromatic carbocycles.